The van der Waals surface area contributed by atoms with E-state index in [-0.39, 0.29) is 24.7 Å². The van der Waals surface area contributed by atoms with Crippen LogP contribution < -0.4 is 11.6 Å². The lowest BCUT2D eigenvalue weighted by molar-refractivity contribution is -0.139. The van der Waals surface area contributed by atoms with Crippen molar-refractivity contribution in [2.24, 2.45) is 11.6 Å². The number of hydrogen-bond acceptors (Lipinski definition) is 6. The van der Waals surface area contributed by atoms with Crippen LogP contribution in [0, 0.1) is 5.82 Å². The lowest BCUT2D eigenvalue weighted by Crippen LogP contribution is -2.32. The van der Waals surface area contributed by atoms with Crippen molar-refractivity contribution in [2.45, 2.75) is 19.9 Å². The summed E-state index contributed by atoms with van der Waals surface area (Å²) in [5.74, 6) is 4.87. The first-order valence-electron chi connectivity index (χ1n) is 6.84. The summed E-state index contributed by atoms with van der Waals surface area (Å²) in [6, 6.07) is 6.03. The smallest absolute Gasteiger partial charge is 0.356 e. The van der Waals surface area contributed by atoms with Crippen molar-refractivity contribution < 1.29 is 18.7 Å². The molecule has 0 atom stereocenters. The quantitative estimate of drug-likeness (QED) is 0.247. The van der Waals surface area contributed by atoms with Crippen LogP contribution in [0.15, 0.2) is 35.7 Å². The van der Waals surface area contributed by atoms with Gasteiger partial charge >= 0.3 is 5.97 Å². The van der Waals surface area contributed by atoms with Crippen LogP contribution in [0.4, 0.5) is 4.39 Å². The molecule has 0 unspecified atom stereocenters. The molecule has 0 saturated carbocycles. The van der Waals surface area contributed by atoms with Gasteiger partial charge in [-0.05, 0) is 24.6 Å². The van der Waals surface area contributed by atoms with Crippen molar-refractivity contribution in [2.75, 3.05) is 20.3 Å². The number of ether oxygens (including phenoxy) is 2. The van der Waals surface area contributed by atoms with Crippen molar-refractivity contribution in [1.82, 2.24) is 5.01 Å². The third-order valence-electron chi connectivity index (χ3n) is 3.01. The van der Waals surface area contributed by atoms with E-state index in [0.29, 0.717) is 24.3 Å². The van der Waals surface area contributed by atoms with E-state index in [0.717, 1.165) is 0 Å². The van der Waals surface area contributed by atoms with Gasteiger partial charge in [0.2, 0.25) is 0 Å². The van der Waals surface area contributed by atoms with Gasteiger partial charge in [-0.25, -0.2) is 15.0 Å². The fourth-order valence-corrected chi connectivity index (χ4v) is 1.70. The Hall–Kier alpha value is -2.12. The molecule has 0 aliphatic carbocycles. The van der Waals surface area contributed by atoms with Crippen molar-refractivity contribution in [3.8, 4) is 0 Å². The number of carbonyl (C=O) groups is 1. The first-order valence-corrected chi connectivity index (χ1v) is 6.84. The lowest BCUT2D eigenvalue weighted by atomic mass is 10.2. The van der Waals surface area contributed by atoms with Gasteiger partial charge in [0.05, 0.1) is 18.8 Å². The zero-order valence-corrected chi connectivity index (χ0v) is 12.8. The number of allylic oxidation sites excluding steroid dienone is 1. The molecule has 4 N–H and O–H groups in total. The van der Waals surface area contributed by atoms with Crippen molar-refractivity contribution in [1.29, 1.82) is 0 Å². The minimum atomic E-state index is -0.636. The Morgan fingerprint density at radius 2 is 2.09 bits per heavy atom. The molecule has 0 aromatic heterocycles. The summed E-state index contributed by atoms with van der Waals surface area (Å²) in [6.45, 7) is 2.54. The number of carbonyl (C=O) groups excluding carboxylic acids is 1. The maximum absolute atomic E-state index is 13.1. The van der Waals surface area contributed by atoms with Gasteiger partial charge in [-0.1, -0.05) is 12.1 Å². The zero-order valence-electron chi connectivity index (χ0n) is 12.8. The van der Waals surface area contributed by atoms with Gasteiger partial charge in [-0.3, -0.25) is 0 Å². The predicted molar refractivity (Wildman–Crippen MR) is 80.5 cm³/mol. The number of benzene rings is 1. The first kappa shape index (κ1) is 17.9. The monoisotopic (exact) mass is 311 g/mol. The van der Waals surface area contributed by atoms with E-state index in [1.807, 2.05) is 0 Å². The van der Waals surface area contributed by atoms with Gasteiger partial charge in [0.15, 0.2) is 0 Å². The fraction of sp³-hybridized carbons (Fsp3) is 0.400. The summed E-state index contributed by atoms with van der Waals surface area (Å²) >= 11 is 0. The van der Waals surface area contributed by atoms with Crippen molar-refractivity contribution >= 4 is 5.97 Å². The number of methoxy groups -OCH3 is 1. The van der Waals surface area contributed by atoms with Crippen molar-refractivity contribution in [3.63, 3.8) is 0 Å². The molecule has 0 saturated heterocycles. The molecule has 0 spiro atoms. The highest BCUT2D eigenvalue weighted by Gasteiger charge is 2.14. The number of rotatable bonds is 8. The molecule has 7 heteroatoms. The molecule has 122 valence electrons. The number of halogens is 1. The Labute approximate surface area is 129 Å². The van der Waals surface area contributed by atoms with E-state index >= 15 is 0 Å². The van der Waals surface area contributed by atoms with Crippen molar-refractivity contribution in [3.05, 3.63) is 47.0 Å². The lowest BCUT2D eigenvalue weighted by Gasteiger charge is -2.21. The highest BCUT2D eigenvalue weighted by atomic mass is 19.1. The summed E-state index contributed by atoms with van der Waals surface area (Å²) in [5, 5.41) is 1.28. The third-order valence-corrected chi connectivity index (χ3v) is 3.01. The Kier molecular flexibility index (Phi) is 7.34. The highest BCUT2D eigenvalue weighted by molar-refractivity contribution is 5.88. The third kappa shape index (κ3) is 5.71. The minimum Gasteiger partial charge on any atom is -0.461 e. The fourth-order valence-electron chi connectivity index (χ4n) is 1.70. The number of hydrazine groups is 1. The predicted octanol–water partition coefficient (Wildman–Crippen LogP) is 1.27. The average Bonchev–Trinajstić information content (AvgIpc) is 2.49. The standard InChI is InChI=1S/C15H22FN3O3/c1-11(14(17)15(20)22-8-4-7-21-2)19(18)10-12-5-3-6-13(16)9-12/h3,5-6,9H,4,7-8,10,17-18H2,1-2H3/b14-11-. The topological polar surface area (TPSA) is 90.8 Å². The second-order valence-electron chi connectivity index (χ2n) is 4.74. The first-order chi connectivity index (χ1) is 10.5. The van der Waals surface area contributed by atoms with E-state index in [4.69, 9.17) is 21.1 Å². The maximum Gasteiger partial charge on any atom is 0.356 e. The average molecular weight is 311 g/mol. The molecular formula is C15H22FN3O3. The van der Waals surface area contributed by atoms with Crippen LogP contribution in [0.3, 0.4) is 0 Å². The van der Waals surface area contributed by atoms with Crippen LogP contribution in [0.5, 0.6) is 0 Å². The minimum absolute atomic E-state index is 0.0729. The van der Waals surface area contributed by atoms with Gasteiger partial charge in [0.25, 0.3) is 0 Å². The zero-order chi connectivity index (χ0) is 16.5. The SMILES string of the molecule is COCCCOC(=O)/C(N)=C(\C)N(N)Cc1cccc(F)c1. The summed E-state index contributed by atoms with van der Waals surface area (Å²) in [4.78, 5) is 11.8. The summed E-state index contributed by atoms with van der Waals surface area (Å²) in [6.07, 6.45) is 0.587. The summed E-state index contributed by atoms with van der Waals surface area (Å²) in [7, 11) is 1.57. The van der Waals surface area contributed by atoms with E-state index in [1.54, 1.807) is 26.2 Å². The number of esters is 1. The van der Waals surface area contributed by atoms with Crippen LogP contribution in [0.25, 0.3) is 0 Å². The Morgan fingerprint density at radius 3 is 2.73 bits per heavy atom. The van der Waals surface area contributed by atoms with Gasteiger partial charge in [-0.15, -0.1) is 0 Å². The molecule has 0 aliphatic heterocycles. The van der Waals surface area contributed by atoms with Gasteiger partial charge in [-0.2, -0.15) is 0 Å². The maximum atomic E-state index is 13.1. The number of nitrogens with two attached hydrogens (primary N) is 2. The molecule has 0 heterocycles. The summed E-state index contributed by atoms with van der Waals surface area (Å²) in [5.41, 5.74) is 6.70. The number of hydrogen-bond donors (Lipinski definition) is 2. The molecule has 6 nitrogen and oxygen atoms in total. The molecule has 0 aliphatic rings. The van der Waals surface area contributed by atoms with Gasteiger partial charge < -0.3 is 20.2 Å². The molecule has 0 radical (unpaired) electrons. The molecule has 1 aromatic carbocycles. The van der Waals surface area contributed by atoms with Gasteiger partial charge in [0.1, 0.15) is 11.5 Å². The second-order valence-corrected chi connectivity index (χ2v) is 4.74. The van der Waals surface area contributed by atoms with Crippen LogP contribution >= 0.6 is 0 Å². The largest absolute Gasteiger partial charge is 0.461 e. The molecule has 1 aromatic rings. The summed E-state index contributed by atoms with van der Waals surface area (Å²) < 4.78 is 23.0. The molecular weight excluding hydrogens is 289 g/mol. The van der Waals surface area contributed by atoms with Gasteiger partial charge in [0, 0.05) is 20.1 Å². The second kappa shape index (κ2) is 9.01. The molecule has 0 fully saturated rings. The Balaban J connectivity index is 2.62. The Bertz CT molecular complexity index is 535. The number of nitrogens with zero attached hydrogens (tertiary/aromatic N) is 1. The van der Waals surface area contributed by atoms with Crippen LogP contribution in [0.1, 0.15) is 18.9 Å². The van der Waals surface area contributed by atoms with E-state index in [2.05, 4.69) is 0 Å². The Morgan fingerprint density at radius 1 is 1.36 bits per heavy atom. The highest BCUT2D eigenvalue weighted by Crippen LogP contribution is 2.10. The van der Waals surface area contributed by atoms with E-state index in [9.17, 15) is 9.18 Å². The van der Waals surface area contributed by atoms with E-state index < -0.39 is 5.97 Å². The molecule has 22 heavy (non-hydrogen) atoms. The molecule has 1 rings (SSSR count). The van der Waals surface area contributed by atoms with Crippen LogP contribution in [-0.4, -0.2) is 31.3 Å². The van der Waals surface area contributed by atoms with Crippen LogP contribution in [0.2, 0.25) is 0 Å². The van der Waals surface area contributed by atoms with E-state index in [1.165, 1.54) is 17.1 Å². The normalized spacial score (nSPS) is 11.8. The molecule has 0 amide bonds. The van der Waals surface area contributed by atoms with Crippen LogP contribution in [-0.2, 0) is 20.8 Å². The molecule has 0 bridgehead atoms.